The summed E-state index contributed by atoms with van der Waals surface area (Å²) in [5, 5.41) is 6.97. The standard InChI is InChI=1S/C21H29N5S/c1-16-8-7-13-26(15-16)19-14-17(2)23-20(24-19)25-21(27)22-12-6-11-18-9-4-3-5-10-18/h3-5,9-10,14,16H,6-8,11-13,15H2,1-2H3,(H2,22,23,24,25,27). The molecule has 1 fully saturated rings. The summed E-state index contributed by atoms with van der Waals surface area (Å²) in [5.41, 5.74) is 2.30. The van der Waals surface area contributed by atoms with Crippen molar-refractivity contribution >= 4 is 29.1 Å². The Kier molecular flexibility index (Phi) is 6.98. The minimum Gasteiger partial charge on any atom is -0.362 e. The molecule has 1 saturated heterocycles. The van der Waals surface area contributed by atoms with E-state index in [0.29, 0.717) is 17.0 Å². The highest BCUT2D eigenvalue weighted by Crippen LogP contribution is 2.22. The minimum atomic E-state index is 0.573. The second-order valence-electron chi connectivity index (χ2n) is 7.35. The predicted molar refractivity (Wildman–Crippen MR) is 116 cm³/mol. The molecule has 0 spiro atoms. The molecule has 0 bridgehead atoms. The minimum absolute atomic E-state index is 0.573. The number of nitrogens with zero attached hydrogens (tertiary/aromatic N) is 3. The van der Waals surface area contributed by atoms with Gasteiger partial charge in [0.2, 0.25) is 5.95 Å². The Balaban J connectivity index is 1.50. The molecule has 0 amide bonds. The maximum atomic E-state index is 5.41. The molecule has 144 valence electrons. The first-order valence-corrected chi connectivity index (χ1v) is 10.2. The molecule has 0 aliphatic carbocycles. The van der Waals surface area contributed by atoms with Gasteiger partial charge in [0.05, 0.1) is 0 Å². The van der Waals surface area contributed by atoms with Crippen LogP contribution in [0.3, 0.4) is 0 Å². The molecule has 2 N–H and O–H groups in total. The molecule has 6 heteroatoms. The van der Waals surface area contributed by atoms with Crippen LogP contribution in [0.25, 0.3) is 0 Å². The van der Waals surface area contributed by atoms with Gasteiger partial charge in [-0.1, -0.05) is 37.3 Å². The average molecular weight is 384 g/mol. The second-order valence-corrected chi connectivity index (χ2v) is 7.76. The van der Waals surface area contributed by atoms with Gasteiger partial charge in [-0.05, 0) is 56.3 Å². The first kappa shape index (κ1) is 19.5. The van der Waals surface area contributed by atoms with Crippen LogP contribution in [-0.2, 0) is 6.42 Å². The van der Waals surface area contributed by atoms with Gasteiger partial charge >= 0.3 is 0 Å². The van der Waals surface area contributed by atoms with Gasteiger partial charge < -0.3 is 15.5 Å². The third-order valence-electron chi connectivity index (χ3n) is 4.82. The van der Waals surface area contributed by atoms with Crippen molar-refractivity contribution < 1.29 is 0 Å². The number of hydrogen-bond acceptors (Lipinski definition) is 4. The molecule has 0 saturated carbocycles. The van der Waals surface area contributed by atoms with Crippen LogP contribution in [0.5, 0.6) is 0 Å². The normalized spacial score (nSPS) is 16.8. The van der Waals surface area contributed by atoms with Crippen LogP contribution >= 0.6 is 12.2 Å². The number of aromatic nitrogens is 2. The number of thiocarbonyl (C=S) groups is 1. The van der Waals surface area contributed by atoms with Crippen molar-refractivity contribution in [1.29, 1.82) is 0 Å². The molecule has 1 aliphatic rings. The number of piperidine rings is 1. The van der Waals surface area contributed by atoms with Crippen molar-refractivity contribution in [2.45, 2.75) is 39.5 Å². The predicted octanol–water partition coefficient (Wildman–Crippen LogP) is 3.94. The molecule has 1 atom stereocenters. The van der Waals surface area contributed by atoms with Gasteiger partial charge in [-0.25, -0.2) is 4.98 Å². The van der Waals surface area contributed by atoms with Crippen molar-refractivity contribution in [1.82, 2.24) is 15.3 Å². The molecule has 3 rings (SSSR count). The zero-order chi connectivity index (χ0) is 19.1. The van der Waals surface area contributed by atoms with Crippen LogP contribution in [0.1, 0.15) is 37.4 Å². The zero-order valence-corrected chi connectivity index (χ0v) is 17.1. The van der Waals surface area contributed by atoms with E-state index in [2.05, 4.69) is 62.8 Å². The molecule has 2 heterocycles. The lowest BCUT2D eigenvalue weighted by atomic mass is 10.0. The quantitative estimate of drug-likeness (QED) is 0.582. The van der Waals surface area contributed by atoms with Gasteiger partial charge in [0, 0.05) is 31.4 Å². The summed E-state index contributed by atoms with van der Waals surface area (Å²) in [6, 6.07) is 12.6. The Bertz CT molecular complexity index is 749. The number of nitrogens with one attached hydrogen (secondary N) is 2. The highest BCUT2D eigenvalue weighted by molar-refractivity contribution is 7.80. The lowest BCUT2D eigenvalue weighted by Crippen LogP contribution is -2.35. The first-order valence-electron chi connectivity index (χ1n) is 9.79. The third kappa shape index (κ3) is 6.17. The molecule has 27 heavy (non-hydrogen) atoms. The Labute approximate surface area is 167 Å². The fourth-order valence-electron chi connectivity index (χ4n) is 3.45. The molecule has 0 radical (unpaired) electrons. The van der Waals surface area contributed by atoms with Crippen LogP contribution in [0.15, 0.2) is 36.4 Å². The SMILES string of the molecule is Cc1cc(N2CCCC(C)C2)nc(NC(=S)NCCCc2ccccc2)n1. The molecule has 1 aromatic heterocycles. The largest absolute Gasteiger partial charge is 0.362 e. The van der Waals surface area contributed by atoms with E-state index in [1.165, 1.54) is 18.4 Å². The molecule has 5 nitrogen and oxygen atoms in total. The lowest BCUT2D eigenvalue weighted by molar-refractivity contribution is 0.444. The summed E-state index contributed by atoms with van der Waals surface area (Å²) < 4.78 is 0. The molecular weight excluding hydrogens is 354 g/mol. The first-order chi connectivity index (χ1) is 13.1. The van der Waals surface area contributed by atoms with Gasteiger partial charge in [-0.3, -0.25) is 0 Å². The Hall–Kier alpha value is -2.21. The fourth-order valence-corrected chi connectivity index (χ4v) is 3.65. The molecule has 2 aromatic rings. The van der Waals surface area contributed by atoms with Crippen LogP contribution < -0.4 is 15.5 Å². The zero-order valence-electron chi connectivity index (χ0n) is 16.2. The van der Waals surface area contributed by atoms with Crippen LogP contribution in [0.4, 0.5) is 11.8 Å². The Morgan fingerprint density at radius 3 is 2.85 bits per heavy atom. The molecular formula is C21H29N5S. The van der Waals surface area contributed by atoms with E-state index >= 15 is 0 Å². The average Bonchev–Trinajstić information content (AvgIpc) is 2.66. The number of benzene rings is 1. The number of hydrogen-bond donors (Lipinski definition) is 2. The van der Waals surface area contributed by atoms with E-state index in [9.17, 15) is 0 Å². The van der Waals surface area contributed by atoms with E-state index < -0.39 is 0 Å². The van der Waals surface area contributed by atoms with Crippen LogP contribution in [0.2, 0.25) is 0 Å². The van der Waals surface area contributed by atoms with Gasteiger partial charge in [0.15, 0.2) is 5.11 Å². The van der Waals surface area contributed by atoms with Crippen LogP contribution in [-0.4, -0.2) is 34.7 Å². The second kappa shape index (κ2) is 9.65. The Morgan fingerprint density at radius 1 is 1.26 bits per heavy atom. The lowest BCUT2D eigenvalue weighted by Gasteiger charge is -2.32. The highest BCUT2D eigenvalue weighted by atomic mass is 32.1. The van der Waals surface area contributed by atoms with Gasteiger partial charge in [-0.15, -0.1) is 0 Å². The summed E-state index contributed by atoms with van der Waals surface area (Å²) in [4.78, 5) is 11.5. The van der Waals surface area contributed by atoms with E-state index in [1.54, 1.807) is 0 Å². The summed E-state index contributed by atoms with van der Waals surface area (Å²) in [7, 11) is 0. The topological polar surface area (TPSA) is 53.1 Å². The molecule has 1 aromatic carbocycles. The van der Waals surface area contributed by atoms with Gasteiger partial charge in [0.1, 0.15) is 5.82 Å². The summed E-state index contributed by atoms with van der Waals surface area (Å²) >= 11 is 5.41. The number of rotatable bonds is 6. The van der Waals surface area contributed by atoms with E-state index in [4.69, 9.17) is 12.2 Å². The maximum Gasteiger partial charge on any atom is 0.231 e. The fraction of sp³-hybridized carbons (Fsp3) is 0.476. The van der Waals surface area contributed by atoms with E-state index in [-0.39, 0.29) is 0 Å². The van der Waals surface area contributed by atoms with Crippen molar-refractivity contribution in [3.05, 3.63) is 47.7 Å². The number of aryl methyl sites for hydroxylation is 2. The van der Waals surface area contributed by atoms with E-state index in [0.717, 1.165) is 44.0 Å². The van der Waals surface area contributed by atoms with Gasteiger partial charge in [-0.2, -0.15) is 4.98 Å². The summed E-state index contributed by atoms with van der Waals surface area (Å²) in [6.07, 6.45) is 4.57. The highest BCUT2D eigenvalue weighted by Gasteiger charge is 2.18. The smallest absolute Gasteiger partial charge is 0.231 e. The van der Waals surface area contributed by atoms with Crippen LogP contribution in [0, 0.1) is 12.8 Å². The van der Waals surface area contributed by atoms with Crippen molar-refractivity contribution in [2.75, 3.05) is 29.9 Å². The maximum absolute atomic E-state index is 5.41. The monoisotopic (exact) mass is 383 g/mol. The summed E-state index contributed by atoms with van der Waals surface area (Å²) in [5.74, 6) is 2.27. The molecule has 1 aliphatic heterocycles. The van der Waals surface area contributed by atoms with Crippen molar-refractivity contribution in [2.24, 2.45) is 5.92 Å². The summed E-state index contributed by atoms with van der Waals surface area (Å²) in [6.45, 7) is 7.23. The molecule has 1 unspecified atom stereocenters. The van der Waals surface area contributed by atoms with Crippen molar-refractivity contribution in [3.8, 4) is 0 Å². The number of anilines is 2. The van der Waals surface area contributed by atoms with E-state index in [1.807, 2.05) is 13.0 Å². The van der Waals surface area contributed by atoms with Crippen molar-refractivity contribution in [3.63, 3.8) is 0 Å². The Morgan fingerprint density at radius 2 is 2.07 bits per heavy atom. The third-order valence-corrected chi connectivity index (χ3v) is 5.06. The van der Waals surface area contributed by atoms with Gasteiger partial charge in [0.25, 0.3) is 0 Å².